The van der Waals surface area contributed by atoms with Gasteiger partial charge in [-0.1, -0.05) is 43.3 Å². The number of ether oxygens (including phenoxy) is 1. The van der Waals surface area contributed by atoms with Crippen molar-refractivity contribution in [2.45, 2.75) is 31.8 Å². The normalized spacial score (nSPS) is 11.0. The van der Waals surface area contributed by atoms with E-state index in [0.29, 0.717) is 6.42 Å². The molecule has 0 aliphatic rings. The summed E-state index contributed by atoms with van der Waals surface area (Å²) in [5.74, 6) is -1.52. The summed E-state index contributed by atoms with van der Waals surface area (Å²) in [6.07, 6.45) is 0.842. The van der Waals surface area contributed by atoms with E-state index in [1.807, 2.05) is 6.07 Å². The molecule has 0 radical (unpaired) electrons. The number of rotatable bonds is 9. The molecule has 0 saturated heterocycles. The number of amides is 1. The number of sulfone groups is 1. The van der Waals surface area contributed by atoms with E-state index in [-0.39, 0.29) is 46.3 Å². The fourth-order valence-electron chi connectivity index (χ4n) is 3.19. The molecule has 2 aromatic carbocycles. The number of carboxylic acid groups (broad SMARTS) is 1. The highest BCUT2D eigenvalue weighted by Gasteiger charge is 2.32. The van der Waals surface area contributed by atoms with E-state index in [1.165, 1.54) is 19.1 Å². The lowest BCUT2D eigenvalue weighted by Crippen LogP contribution is -2.34. The third kappa shape index (κ3) is 5.43. The number of nitrogens with two attached hydrogens (primary N) is 1. The molecule has 8 nitrogen and oxygen atoms in total. The molecule has 0 fully saturated rings. The number of nitrogen functional groups attached to an aromatic ring is 1. The summed E-state index contributed by atoms with van der Waals surface area (Å²) in [4.78, 5) is 25.5. The van der Waals surface area contributed by atoms with Gasteiger partial charge in [-0.15, -0.1) is 6.58 Å². The Labute approximate surface area is 181 Å². The van der Waals surface area contributed by atoms with E-state index in [0.717, 1.165) is 10.5 Å². The Morgan fingerprint density at radius 3 is 2.45 bits per heavy atom. The van der Waals surface area contributed by atoms with Gasteiger partial charge in [0.15, 0.2) is 9.84 Å². The van der Waals surface area contributed by atoms with Crippen LogP contribution in [0.25, 0.3) is 0 Å². The molecule has 3 N–H and O–H groups in total. The zero-order valence-corrected chi connectivity index (χ0v) is 18.3. The summed E-state index contributed by atoms with van der Waals surface area (Å²) < 4.78 is 31.4. The predicted octanol–water partition coefficient (Wildman–Crippen LogP) is 3.79. The van der Waals surface area contributed by atoms with Crippen molar-refractivity contribution >= 4 is 33.3 Å². The highest BCUT2D eigenvalue weighted by atomic mass is 32.2. The zero-order valence-electron chi connectivity index (χ0n) is 17.5. The van der Waals surface area contributed by atoms with Crippen LogP contribution in [-0.4, -0.2) is 37.9 Å². The van der Waals surface area contributed by atoms with E-state index in [1.54, 1.807) is 31.2 Å². The minimum atomic E-state index is -3.86. The number of hydrogen-bond donors (Lipinski definition) is 2. The van der Waals surface area contributed by atoms with Crippen molar-refractivity contribution in [2.24, 2.45) is 0 Å². The van der Waals surface area contributed by atoms with Gasteiger partial charge in [0.05, 0.1) is 27.6 Å². The average molecular weight is 447 g/mol. The summed E-state index contributed by atoms with van der Waals surface area (Å²) in [6.45, 7) is 6.60. The number of aromatic carboxylic acids is 1. The first kappa shape index (κ1) is 23.9. The van der Waals surface area contributed by atoms with E-state index >= 15 is 0 Å². The van der Waals surface area contributed by atoms with Gasteiger partial charge < -0.3 is 15.6 Å². The molecule has 31 heavy (non-hydrogen) atoms. The summed E-state index contributed by atoms with van der Waals surface area (Å²) in [5, 5.41) is 9.53. The first-order valence-electron chi connectivity index (χ1n) is 9.62. The molecule has 166 valence electrons. The number of aryl methyl sites for hydroxylation is 1. The van der Waals surface area contributed by atoms with E-state index in [2.05, 4.69) is 6.58 Å². The van der Waals surface area contributed by atoms with Gasteiger partial charge in [-0.3, -0.25) is 4.90 Å². The molecule has 0 bridgehead atoms. The van der Waals surface area contributed by atoms with Gasteiger partial charge >= 0.3 is 12.1 Å². The molecule has 0 saturated carbocycles. The maximum Gasteiger partial charge on any atom is 0.415 e. The molecule has 2 aromatic rings. The van der Waals surface area contributed by atoms with Gasteiger partial charge in [0.2, 0.25) is 0 Å². The van der Waals surface area contributed by atoms with Crippen LogP contribution >= 0.6 is 0 Å². The minimum Gasteiger partial charge on any atom is -0.478 e. The number of hydrogen-bond acceptors (Lipinski definition) is 6. The van der Waals surface area contributed by atoms with Crippen molar-refractivity contribution in [1.82, 2.24) is 0 Å². The Morgan fingerprint density at radius 2 is 1.90 bits per heavy atom. The van der Waals surface area contributed by atoms with Crippen LogP contribution in [0.4, 0.5) is 16.2 Å². The van der Waals surface area contributed by atoms with Crippen molar-refractivity contribution in [3.8, 4) is 0 Å². The lowest BCUT2D eigenvalue weighted by atomic mass is 10.1. The van der Waals surface area contributed by atoms with E-state index in [9.17, 15) is 23.1 Å². The van der Waals surface area contributed by atoms with Crippen LogP contribution in [0.3, 0.4) is 0 Å². The van der Waals surface area contributed by atoms with Gasteiger partial charge in [0, 0.05) is 6.54 Å². The fraction of sp³-hybridized carbons (Fsp3) is 0.273. The third-order valence-electron chi connectivity index (χ3n) is 4.50. The standard InChI is InChI=1S/C22H26N2O6S/c1-4-11-24(22(27)30-14-16-9-7-6-8-10-16)19-18(23)17(21(25)26)13-15(3)20(19)31(28,29)12-5-2/h4,6-10,13H,1,5,11-12,14,23H2,2-3H3,(H,25,26). The highest BCUT2D eigenvalue weighted by Crippen LogP contribution is 2.38. The molecule has 0 atom stereocenters. The van der Waals surface area contributed by atoms with Crippen molar-refractivity contribution in [3.05, 3.63) is 65.7 Å². The Balaban J connectivity index is 2.64. The molecule has 0 unspecified atom stereocenters. The monoisotopic (exact) mass is 446 g/mol. The number of carboxylic acids is 1. The van der Waals surface area contributed by atoms with Gasteiger partial charge in [0.25, 0.3) is 0 Å². The zero-order chi connectivity index (χ0) is 23.2. The van der Waals surface area contributed by atoms with Crippen LogP contribution in [0.5, 0.6) is 0 Å². The van der Waals surface area contributed by atoms with Gasteiger partial charge in [-0.2, -0.15) is 0 Å². The Morgan fingerprint density at radius 1 is 1.26 bits per heavy atom. The molecular weight excluding hydrogens is 420 g/mol. The van der Waals surface area contributed by atoms with E-state index in [4.69, 9.17) is 10.5 Å². The second-order valence-corrected chi connectivity index (χ2v) is 8.94. The number of anilines is 2. The molecule has 0 aliphatic heterocycles. The molecule has 0 aliphatic carbocycles. The highest BCUT2D eigenvalue weighted by molar-refractivity contribution is 7.91. The molecule has 9 heteroatoms. The predicted molar refractivity (Wildman–Crippen MR) is 119 cm³/mol. The molecule has 0 aromatic heterocycles. The summed E-state index contributed by atoms with van der Waals surface area (Å²) >= 11 is 0. The SMILES string of the molecule is C=CCN(C(=O)OCc1ccccc1)c1c(N)c(C(=O)O)cc(C)c1S(=O)(=O)CCC. The number of carbonyl (C=O) groups excluding carboxylic acids is 1. The fourth-order valence-corrected chi connectivity index (χ4v) is 4.99. The van der Waals surface area contributed by atoms with Crippen LogP contribution in [0.2, 0.25) is 0 Å². The Hall–Kier alpha value is -3.33. The molecule has 2 rings (SSSR count). The Bertz CT molecular complexity index is 1080. The van der Waals surface area contributed by atoms with Gasteiger partial charge in [-0.25, -0.2) is 18.0 Å². The molecule has 0 heterocycles. The van der Waals surface area contributed by atoms with Crippen molar-refractivity contribution in [2.75, 3.05) is 22.9 Å². The van der Waals surface area contributed by atoms with Crippen LogP contribution in [0, 0.1) is 6.92 Å². The summed E-state index contributed by atoms with van der Waals surface area (Å²) in [6, 6.07) is 10.1. The number of benzene rings is 2. The second kappa shape index (κ2) is 10.1. The largest absolute Gasteiger partial charge is 0.478 e. The molecule has 0 spiro atoms. The lowest BCUT2D eigenvalue weighted by Gasteiger charge is -2.27. The smallest absolute Gasteiger partial charge is 0.415 e. The van der Waals surface area contributed by atoms with Crippen LogP contribution < -0.4 is 10.6 Å². The molecular formula is C22H26N2O6S. The van der Waals surface area contributed by atoms with Crippen molar-refractivity contribution in [1.29, 1.82) is 0 Å². The number of carbonyl (C=O) groups is 2. The molecule has 1 amide bonds. The first-order chi connectivity index (χ1) is 14.6. The van der Waals surface area contributed by atoms with Crippen molar-refractivity contribution in [3.63, 3.8) is 0 Å². The minimum absolute atomic E-state index is 0.0537. The first-order valence-corrected chi connectivity index (χ1v) is 11.3. The van der Waals surface area contributed by atoms with Crippen molar-refractivity contribution < 1.29 is 27.9 Å². The number of nitrogens with zero attached hydrogens (tertiary/aromatic N) is 1. The average Bonchev–Trinajstić information content (AvgIpc) is 2.72. The quantitative estimate of drug-likeness (QED) is 0.443. The summed E-state index contributed by atoms with van der Waals surface area (Å²) in [5.41, 5.74) is 6.18. The van der Waals surface area contributed by atoms with Gasteiger partial charge in [-0.05, 0) is 30.5 Å². The van der Waals surface area contributed by atoms with E-state index < -0.39 is 21.9 Å². The Kier molecular flexibility index (Phi) is 7.82. The van der Waals surface area contributed by atoms with Crippen LogP contribution in [0.15, 0.2) is 53.9 Å². The van der Waals surface area contributed by atoms with Crippen LogP contribution in [0.1, 0.15) is 34.8 Å². The third-order valence-corrected chi connectivity index (χ3v) is 6.58. The van der Waals surface area contributed by atoms with Gasteiger partial charge in [0.1, 0.15) is 6.61 Å². The maximum absolute atomic E-state index is 13.0. The lowest BCUT2D eigenvalue weighted by molar-refractivity contribution is 0.0697. The second-order valence-electron chi connectivity index (χ2n) is 6.90. The maximum atomic E-state index is 13.0. The van der Waals surface area contributed by atoms with Crippen LogP contribution in [-0.2, 0) is 21.2 Å². The topological polar surface area (TPSA) is 127 Å². The summed E-state index contributed by atoms with van der Waals surface area (Å²) in [7, 11) is -3.86.